The first kappa shape index (κ1) is 14.8. The van der Waals surface area contributed by atoms with E-state index < -0.39 is 9.84 Å². The highest BCUT2D eigenvalue weighted by Crippen LogP contribution is 2.22. The molecule has 1 aliphatic rings. The summed E-state index contributed by atoms with van der Waals surface area (Å²) in [4.78, 5) is 0. The van der Waals surface area contributed by atoms with Gasteiger partial charge >= 0.3 is 0 Å². The van der Waals surface area contributed by atoms with Crippen LogP contribution < -0.4 is 0 Å². The van der Waals surface area contributed by atoms with Crippen LogP contribution in [0.2, 0.25) is 5.02 Å². The van der Waals surface area contributed by atoms with Crippen LogP contribution in [0.25, 0.3) is 0 Å². The van der Waals surface area contributed by atoms with Gasteiger partial charge in [0.25, 0.3) is 0 Å². The molecule has 19 heavy (non-hydrogen) atoms. The summed E-state index contributed by atoms with van der Waals surface area (Å²) >= 11 is 5.81. The smallest absolute Gasteiger partial charge is 0.155 e. The molecule has 1 saturated heterocycles. The fourth-order valence-electron chi connectivity index (χ4n) is 2.46. The van der Waals surface area contributed by atoms with Crippen LogP contribution in [0.15, 0.2) is 24.3 Å². The van der Waals surface area contributed by atoms with E-state index in [1.165, 1.54) is 0 Å². The molecule has 0 saturated carbocycles. The lowest BCUT2D eigenvalue weighted by atomic mass is 10.1. The number of ether oxygens (including phenoxy) is 1. The van der Waals surface area contributed by atoms with Crippen molar-refractivity contribution < 1.29 is 13.2 Å². The second kappa shape index (κ2) is 6.25. The summed E-state index contributed by atoms with van der Waals surface area (Å²) in [5, 5.41) is 0.381. The van der Waals surface area contributed by atoms with Gasteiger partial charge in [-0.05, 0) is 43.9 Å². The molecule has 0 radical (unpaired) electrons. The van der Waals surface area contributed by atoms with Gasteiger partial charge in [0.15, 0.2) is 9.84 Å². The van der Waals surface area contributed by atoms with E-state index in [0.29, 0.717) is 24.5 Å². The van der Waals surface area contributed by atoms with Gasteiger partial charge in [0.2, 0.25) is 0 Å². The SMILES string of the molecule is C[C@H]1OCC[C@@H]1S(=O)(=O)CCCc1ccc(Cl)cc1. The van der Waals surface area contributed by atoms with Crippen LogP contribution in [0.5, 0.6) is 0 Å². The van der Waals surface area contributed by atoms with Crippen molar-refractivity contribution in [1.29, 1.82) is 0 Å². The number of hydrogen-bond donors (Lipinski definition) is 0. The van der Waals surface area contributed by atoms with Gasteiger partial charge in [-0.25, -0.2) is 8.42 Å². The van der Waals surface area contributed by atoms with Crippen molar-refractivity contribution in [2.75, 3.05) is 12.4 Å². The molecule has 0 bridgehead atoms. The average Bonchev–Trinajstić information content (AvgIpc) is 2.79. The number of aryl methyl sites for hydroxylation is 1. The van der Waals surface area contributed by atoms with Gasteiger partial charge in [0.05, 0.1) is 17.1 Å². The molecule has 1 aliphatic heterocycles. The molecule has 0 unspecified atom stereocenters. The maximum absolute atomic E-state index is 12.2. The van der Waals surface area contributed by atoms with Crippen molar-refractivity contribution in [2.24, 2.45) is 0 Å². The highest BCUT2D eigenvalue weighted by molar-refractivity contribution is 7.92. The molecule has 0 aliphatic carbocycles. The topological polar surface area (TPSA) is 43.4 Å². The summed E-state index contributed by atoms with van der Waals surface area (Å²) in [7, 11) is -3.04. The Morgan fingerprint density at radius 1 is 1.32 bits per heavy atom. The largest absolute Gasteiger partial charge is 0.377 e. The fourth-order valence-corrected chi connectivity index (χ4v) is 4.56. The summed E-state index contributed by atoms with van der Waals surface area (Å²) in [6.07, 6.45) is 1.87. The third-order valence-corrected chi connectivity index (χ3v) is 6.23. The zero-order valence-corrected chi connectivity index (χ0v) is 12.6. The Kier molecular flexibility index (Phi) is 4.87. The zero-order chi connectivity index (χ0) is 13.9. The molecule has 0 aromatic heterocycles. The van der Waals surface area contributed by atoms with Crippen molar-refractivity contribution in [3.63, 3.8) is 0 Å². The van der Waals surface area contributed by atoms with E-state index in [4.69, 9.17) is 16.3 Å². The van der Waals surface area contributed by atoms with Crippen molar-refractivity contribution in [2.45, 2.75) is 37.5 Å². The average molecular weight is 303 g/mol. The molecule has 2 atom stereocenters. The third-order valence-electron chi connectivity index (χ3n) is 3.58. The van der Waals surface area contributed by atoms with Crippen LogP contribution in [-0.4, -0.2) is 32.1 Å². The molecule has 0 spiro atoms. The Bertz CT molecular complexity index is 510. The second-order valence-electron chi connectivity index (χ2n) is 5.00. The molecule has 3 nitrogen and oxygen atoms in total. The lowest BCUT2D eigenvalue weighted by molar-refractivity contribution is 0.126. The Labute approximate surface area is 119 Å². The first-order valence-electron chi connectivity index (χ1n) is 6.56. The van der Waals surface area contributed by atoms with Crippen molar-refractivity contribution in [3.05, 3.63) is 34.9 Å². The number of rotatable bonds is 5. The molecule has 1 aromatic rings. The Hall–Kier alpha value is -0.580. The summed E-state index contributed by atoms with van der Waals surface area (Å²) in [5.74, 6) is 0.230. The fraction of sp³-hybridized carbons (Fsp3) is 0.571. The molecule has 5 heteroatoms. The van der Waals surface area contributed by atoms with E-state index in [1.54, 1.807) is 0 Å². The van der Waals surface area contributed by atoms with Crippen molar-refractivity contribution in [3.8, 4) is 0 Å². The van der Waals surface area contributed by atoms with E-state index >= 15 is 0 Å². The van der Waals surface area contributed by atoms with E-state index in [0.717, 1.165) is 12.0 Å². The second-order valence-corrected chi connectivity index (χ2v) is 7.78. The maximum Gasteiger partial charge on any atom is 0.155 e. The first-order valence-corrected chi connectivity index (χ1v) is 8.66. The van der Waals surface area contributed by atoms with E-state index in [9.17, 15) is 8.42 Å². The zero-order valence-electron chi connectivity index (χ0n) is 11.0. The number of halogens is 1. The standard InChI is InChI=1S/C14H19ClO3S/c1-11-14(8-9-18-11)19(16,17)10-2-3-12-4-6-13(15)7-5-12/h4-7,11,14H,2-3,8-10H2,1H3/t11-,14+/m1/s1. The van der Waals surface area contributed by atoms with Gasteiger partial charge in [0.1, 0.15) is 0 Å². The quantitative estimate of drug-likeness (QED) is 0.840. The lowest BCUT2D eigenvalue weighted by Crippen LogP contribution is -2.30. The predicted molar refractivity (Wildman–Crippen MR) is 77.4 cm³/mol. The number of sulfone groups is 1. The molecule has 0 amide bonds. The van der Waals surface area contributed by atoms with Crippen LogP contribution in [-0.2, 0) is 21.0 Å². The minimum absolute atomic E-state index is 0.166. The van der Waals surface area contributed by atoms with Crippen LogP contribution in [0.3, 0.4) is 0 Å². The molecular formula is C14H19ClO3S. The summed E-state index contributed by atoms with van der Waals surface area (Å²) in [6, 6.07) is 7.54. The van der Waals surface area contributed by atoms with E-state index in [2.05, 4.69) is 0 Å². The minimum Gasteiger partial charge on any atom is -0.377 e. The Morgan fingerprint density at radius 2 is 2.00 bits per heavy atom. The molecule has 1 fully saturated rings. The summed E-state index contributed by atoms with van der Waals surface area (Å²) < 4.78 is 29.7. The normalized spacial score (nSPS) is 23.7. The van der Waals surface area contributed by atoms with Crippen molar-refractivity contribution in [1.82, 2.24) is 0 Å². The monoisotopic (exact) mass is 302 g/mol. The summed E-state index contributed by atoms with van der Waals surface area (Å²) in [6.45, 7) is 2.40. The van der Waals surface area contributed by atoms with Gasteiger partial charge in [0, 0.05) is 11.6 Å². The van der Waals surface area contributed by atoms with Crippen LogP contribution >= 0.6 is 11.6 Å². The number of hydrogen-bond acceptors (Lipinski definition) is 3. The predicted octanol–water partition coefficient (Wildman–Crippen LogP) is 2.86. The molecule has 106 valence electrons. The van der Waals surface area contributed by atoms with E-state index in [1.807, 2.05) is 31.2 Å². The molecule has 0 N–H and O–H groups in total. The Balaban J connectivity index is 1.86. The Morgan fingerprint density at radius 3 is 2.58 bits per heavy atom. The highest BCUT2D eigenvalue weighted by atomic mass is 35.5. The van der Waals surface area contributed by atoms with Crippen molar-refractivity contribution >= 4 is 21.4 Å². The first-order chi connectivity index (χ1) is 8.99. The summed E-state index contributed by atoms with van der Waals surface area (Å²) in [5.41, 5.74) is 1.12. The maximum atomic E-state index is 12.2. The van der Waals surface area contributed by atoms with Gasteiger partial charge in [-0.2, -0.15) is 0 Å². The lowest BCUT2D eigenvalue weighted by Gasteiger charge is -2.14. The van der Waals surface area contributed by atoms with Crippen LogP contribution in [0, 0.1) is 0 Å². The van der Waals surface area contributed by atoms with Crippen LogP contribution in [0.1, 0.15) is 25.3 Å². The molecule has 1 aromatic carbocycles. The molecule has 2 rings (SSSR count). The highest BCUT2D eigenvalue weighted by Gasteiger charge is 2.35. The van der Waals surface area contributed by atoms with Crippen LogP contribution in [0.4, 0.5) is 0 Å². The number of benzene rings is 1. The van der Waals surface area contributed by atoms with Gasteiger partial charge < -0.3 is 4.74 Å². The molecule has 1 heterocycles. The minimum atomic E-state index is -3.04. The molecular weight excluding hydrogens is 284 g/mol. The van der Waals surface area contributed by atoms with Gasteiger partial charge in [-0.3, -0.25) is 0 Å². The third kappa shape index (κ3) is 3.94. The van der Waals surface area contributed by atoms with Gasteiger partial charge in [-0.1, -0.05) is 23.7 Å². The van der Waals surface area contributed by atoms with E-state index in [-0.39, 0.29) is 17.1 Å². The van der Waals surface area contributed by atoms with Gasteiger partial charge in [-0.15, -0.1) is 0 Å².